The smallest absolute Gasteiger partial charge is 0.460 e. The molecular formula is C14H19F9O2. The van der Waals surface area contributed by atoms with Crippen LogP contribution in [0.5, 0.6) is 0 Å². The first-order valence-electron chi connectivity index (χ1n) is 7.59. The van der Waals surface area contributed by atoms with Crippen molar-refractivity contribution in [1.29, 1.82) is 0 Å². The summed E-state index contributed by atoms with van der Waals surface area (Å²) in [6.07, 6.45) is -6.91. The molecule has 0 amide bonds. The maximum absolute atomic E-state index is 13.2. The molecule has 0 aliphatic carbocycles. The fourth-order valence-corrected chi connectivity index (χ4v) is 2.07. The van der Waals surface area contributed by atoms with Crippen molar-refractivity contribution in [3.8, 4) is 0 Å². The van der Waals surface area contributed by atoms with E-state index in [9.17, 15) is 44.3 Å². The summed E-state index contributed by atoms with van der Waals surface area (Å²) in [6.45, 7) is 0. The molecule has 25 heavy (non-hydrogen) atoms. The van der Waals surface area contributed by atoms with Crippen molar-refractivity contribution in [2.75, 3.05) is 0 Å². The fraction of sp³-hybridized carbons (Fsp3) is 0.929. The molecule has 0 bridgehead atoms. The molecule has 0 rings (SSSR count). The molecular weight excluding hydrogens is 371 g/mol. The third kappa shape index (κ3) is 6.58. The molecule has 2 nitrogen and oxygen atoms in total. The quantitative estimate of drug-likeness (QED) is 0.325. The van der Waals surface area contributed by atoms with Crippen molar-refractivity contribution < 1.29 is 49.4 Å². The number of halogens is 9. The Balaban J connectivity index is 4.26. The van der Waals surface area contributed by atoms with Gasteiger partial charge in [-0.05, 0) is 12.8 Å². The monoisotopic (exact) mass is 390 g/mol. The van der Waals surface area contributed by atoms with Crippen molar-refractivity contribution in [2.24, 2.45) is 0 Å². The zero-order chi connectivity index (χ0) is 19.9. The van der Waals surface area contributed by atoms with Crippen LogP contribution in [-0.4, -0.2) is 35.0 Å². The van der Waals surface area contributed by atoms with E-state index in [0.717, 1.165) is 0 Å². The highest BCUT2D eigenvalue weighted by atomic mass is 19.4. The van der Waals surface area contributed by atoms with E-state index >= 15 is 0 Å². The molecule has 150 valence electrons. The molecule has 0 saturated carbocycles. The van der Waals surface area contributed by atoms with Crippen LogP contribution < -0.4 is 0 Å². The zero-order valence-electron chi connectivity index (χ0n) is 13.1. The minimum Gasteiger partial charge on any atom is -0.481 e. The Morgan fingerprint density at radius 1 is 0.640 bits per heavy atom. The molecule has 0 heterocycles. The molecule has 0 unspecified atom stereocenters. The number of carboxylic acids is 1. The van der Waals surface area contributed by atoms with Crippen LogP contribution in [0.4, 0.5) is 39.5 Å². The molecule has 0 aromatic rings. The van der Waals surface area contributed by atoms with E-state index in [0.29, 0.717) is 32.1 Å². The van der Waals surface area contributed by atoms with Crippen molar-refractivity contribution in [3.63, 3.8) is 0 Å². The summed E-state index contributed by atoms with van der Waals surface area (Å²) in [5.74, 6) is -19.8. The van der Waals surface area contributed by atoms with E-state index in [4.69, 9.17) is 5.11 Å². The molecule has 0 aliphatic heterocycles. The van der Waals surface area contributed by atoms with E-state index in [1.807, 2.05) is 0 Å². The second kappa shape index (κ2) is 8.98. The Morgan fingerprint density at radius 3 is 1.44 bits per heavy atom. The Hall–Kier alpha value is -1.16. The molecule has 0 atom stereocenters. The Morgan fingerprint density at radius 2 is 1.04 bits per heavy atom. The van der Waals surface area contributed by atoms with Gasteiger partial charge in [0.15, 0.2) is 0 Å². The number of hydrogen-bond acceptors (Lipinski definition) is 1. The summed E-state index contributed by atoms with van der Waals surface area (Å²) in [7, 11) is 0. The van der Waals surface area contributed by atoms with Crippen molar-refractivity contribution in [1.82, 2.24) is 0 Å². The van der Waals surface area contributed by atoms with Crippen LogP contribution in [0, 0.1) is 0 Å². The van der Waals surface area contributed by atoms with Gasteiger partial charge in [-0.25, -0.2) is 0 Å². The van der Waals surface area contributed by atoms with E-state index in [-0.39, 0.29) is 12.8 Å². The SMILES string of the molecule is O=C(O)CCCCCCCCCC(F)(F)C(F)(F)C(F)(F)C(F)(F)F. The van der Waals surface area contributed by atoms with E-state index in [1.165, 1.54) is 0 Å². The maximum atomic E-state index is 13.2. The number of unbranched alkanes of at least 4 members (excludes halogenated alkanes) is 6. The highest BCUT2D eigenvalue weighted by Gasteiger charge is 2.81. The standard InChI is InChI=1S/C14H19F9O2/c15-11(16,12(17,18)13(19,20)14(21,22)23)9-7-5-3-1-2-4-6-8-10(24)25/h1-9H2,(H,24,25). The summed E-state index contributed by atoms with van der Waals surface area (Å²) in [6, 6.07) is 0. The normalized spacial score (nSPS) is 14.0. The lowest BCUT2D eigenvalue weighted by molar-refractivity contribution is -0.396. The number of alkyl halides is 9. The average Bonchev–Trinajstić information content (AvgIpc) is 2.43. The predicted molar refractivity (Wildman–Crippen MR) is 70.1 cm³/mol. The van der Waals surface area contributed by atoms with Crippen LogP contribution >= 0.6 is 0 Å². The zero-order valence-corrected chi connectivity index (χ0v) is 13.1. The van der Waals surface area contributed by atoms with Crippen LogP contribution in [0.2, 0.25) is 0 Å². The third-order valence-corrected chi connectivity index (χ3v) is 3.59. The Kier molecular flexibility index (Phi) is 8.56. The van der Waals surface area contributed by atoms with Gasteiger partial charge in [0.2, 0.25) is 0 Å². The first-order valence-corrected chi connectivity index (χ1v) is 7.59. The summed E-state index contributed by atoms with van der Waals surface area (Å²) in [5.41, 5.74) is 0. The van der Waals surface area contributed by atoms with Gasteiger partial charge in [-0.1, -0.05) is 32.1 Å². The minimum absolute atomic E-state index is 0.0191. The van der Waals surface area contributed by atoms with Gasteiger partial charge in [0.1, 0.15) is 0 Å². The number of aliphatic carboxylic acids is 1. The van der Waals surface area contributed by atoms with E-state index in [2.05, 4.69) is 0 Å². The van der Waals surface area contributed by atoms with Gasteiger partial charge in [-0.3, -0.25) is 4.79 Å². The van der Waals surface area contributed by atoms with Crippen molar-refractivity contribution in [3.05, 3.63) is 0 Å². The highest BCUT2D eigenvalue weighted by Crippen LogP contribution is 2.54. The average molecular weight is 390 g/mol. The fourth-order valence-electron chi connectivity index (χ4n) is 2.07. The first kappa shape index (κ1) is 23.8. The second-order valence-corrected chi connectivity index (χ2v) is 5.72. The number of carboxylic acid groups (broad SMARTS) is 1. The summed E-state index contributed by atoms with van der Waals surface area (Å²) >= 11 is 0. The topological polar surface area (TPSA) is 37.3 Å². The van der Waals surface area contributed by atoms with Gasteiger partial charge in [-0.2, -0.15) is 39.5 Å². The summed E-state index contributed by atoms with van der Waals surface area (Å²) in [5, 5.41) is 8.38. The van der Waals surface area contributed by atoms with E-state index in [1.54, 1.807) is 0 Å². The lowest BCUT2D eigenvalue weighted by atomic mass is 9.97. The number of rotatable bonds is 12. The van der Waals surface area contributed by atoms with Gasteiger partial charge in [0, 0.05) is 12.8 Å². The van der Waals surface area contributed by atoms with Crippen molar-refractivity contribution in [2.45, 2.75) is 81.7 Å². The van der Waals surface area contributed by atoms with Gasteiger partial charge in [0.05, 0.1) is 0 Å². The lowest BCUT2D eigenvalue weighted by Gasteiger charge is -2.33. The summed E-state index contributed by atoms with van der Waals surface area (Å²) in [4.78, 5) is 10.2. The van der Waals surface area contributed by atoms with Crippen LogP contribution in [-0.2, 0) is 4.79 Å². The van der Waals surface area contributed by atoms with Crippen LogP contribution in [0.15, 0.2) is 0 Å². The molecule has 0 aromatic carbocycles. The van der Waals surface area contributed by atoms with Crippen LogP contribution in [0.1, 0.15) is 57.8 Å². The lowest BCUT2D eigenvalue weighted by Crippen LogP contribution is -2.60. The number of carbonyl (C=O) groups is 1. The maximum Gasteiger partial charge on any atom is 0.460 e. The number of hydrogen-bond donors (Lipinski definition) is 1. The largest absolute Gasteiger partial charge is 0.481 e. The third-order valence-electron chi connectivity index (χ3n) is 3.59. The molecule has 0 radical (unpaired) electrons. The first-order chi connectivity index (χ1) is 11.2. The Bertz CT molecular complexity index is 419. The molecule has 0 spiro atoms. The van der Waals surface area contributed by atoms with Crippen molar-refractivity contribution >= 4 is 5.97 Å². The van der Waals surface area contributed by atoms with Crippen LogP contribution in [0.25, 0.3) is 0 Å². The second-order valence-electron chi connectivity index (χ2n) is 5.72. The van der Waals surface area contributed by atoms with Gasteiger partial charge in [-0.15, -0.1) is 0 Å². The molecule has 0 aliphatic rings. The van der Waals surface area contributed by atoms with Gasteiger partial charge < -0.3 is 5.11 Å². The van der Waals surface area contributed by atoms with Crippen LogP contribution in [0.3, 0.4) is 0 Å². The summed E-state index contributed by atoms with van der Waals surface area (Å²) < 4.78 is 113. The molecule has 0 fully saturated rings. The van der Waals surface area contributed by atoms with Gasteiger partial charge in [0.25, 0.3) is 0 Å². The van der Waals surface area contributed by atoms with E-state index < -0.39 is 42.8 Å². The minimum atomic E-state index is -6.83. The highest BCUT2D eigenvalue weighted by molar-refractivity contribution is 5.66. The predicted octanol–water partition coefficient (Wildman–Crippen LogP) is 6.05. The van der Waals surface area contributed by atoms with Gasteiger partial charge >= 0.3 is 29.9 Å². The Labute approximate surface area is 138 Å². The molecule has 1 N–H and O–H groups in total. The molecule has 11 heteroatoms. The molecule has 0 aromatic heterocycles. The molecule has 0 saturated heterocycles.